The van der Waals surface area contributed by atoms with E-state index in [2.05, 4.69) is 20.9 Å². The van der Waals surface area contributed by atoms with Crippen LogP contribution in [0, 0.1) is 5.92 Å². The van der Waals surface area contributed by atoms with Crippen LogP contribution in [0.15, 0.2) is 42.5 Å². The molecule has 0 bridgehead atoms. The second-order valence-electron chi connectivity index (χ2n) is 8.20. The molecule has 1 fully saturated rings. The average Bonchev–Trinajstić information content (AvgIpc) is 2.81. The van der Waals surface area contributed by atoms with E-state index in [0.29, 0.717) is 43.6 Å². The molecule has 2 amide bonds. The summed E-state index contributed by atoms with van der Waals surface area (Å²) in [7, 11) is 1.51. The van der Waals surface area contributed by atoms with Gasteiger partial charge in [-0.2, -0.15) is 0 Å². The van der Waals surface area contributed by atoms with Gasteiger partial charge in [0, 0.05) is 36.7 Å². The van der Waals surface area contributed by atoms with Gasteiger partial charge in [0.2, 0.25) is 0 Å². The van der Waals surface area contributed by atoms with Crippen molar-refractivity contribution < 1.29 is 18.4 Å². The predicted molar refractivity (Wildman–Crippen MR) is 119 cm³/mol. The van der Waals surface area contributed by atoms with E-state index in [1.807, 2.05) is 37.3 Å². The minimum Gasteiger partial charge on any atom is -0.354 e. The number of amides is 2. The highest BCUT2D eigenvalue weighted by Crippen LogP contribution is 2.32. The molecule has 0 spiro atoms. The van der Waals surface area contributed by atoms with Gasteiger partial charge in [-0.3, -0.25) is 9.59 Å². The highest BCUT2D eigenvalue weighted by atomic mass is 19.3. The van der Waals surface area contributed by atoms with E-state index in [1.54, 1.807) is 6.07 Å². The molecular formula is C24H30F2N4O2. The van der Waals surface area contributed by atoms with Crippen molar-refractivity contribution in [3.8, 4) is 0 Å². The molecule has 1 aliphatic heterocycles. The Morgan fingerprint density at radius 3 is 2.66 bits per heavy atom. The third-order valence-corrected chi connectivity index (χ3v) is 5.95. The van der Waals surface area contributed by atoms with Gasteiger partial charge in [-0.05, 0) is 43.5 Å². The van der Waals surface area contributed by atoms with Gasteiger partial charge in [0.05, 0.1) is 6.54 Å². The molecular weight excluding hydrogens is 414 g/mol. The van der Waals surface area contributed by atoms with Gasteiger partial charge >= 0.3 is 0 Å². The maximum atomic E-state index is 13.9. The van der Waals surface area contributed by atoms with Crippen molar-refractivity contribution in [1.82, 2.24) is 20.9 Å². The molecule has 0 unspecified atom stereocenters. The number of piperidine rings is 1. The van der Waals surface area contributed by atoms with Crippen molar-refractivity contribution >= 4 is 11.8 Å². The van der Waals surface area contributed by atoms with Gasteiger partial charge in [0.15, 0.2) is 0 Å². The number of carbonyl (C=O) groups is 2. The number of halogens is 2. The van der Waals surface area contributed by atoms with E-state index < -0.39 is 11.8 Å². The summed E-state index contributed by atoms with van der Waals surface area (Å²) in [6.07, 6.45) is 1.25. The first-order valence-corrected chi connectivity index (χ1v) is 11.0. The molecule has 8 heteroatoms. The minimum absolute atomic E-state index is 0.116. The lowest BCUT2D eigenvalue weighted by molar-refractivity contribution is -0.0762. The van der Waals surface area contributed by atoms with Gasteiger partial charge in [0.1, 0.15) is 5.69 Å². The van der Waals surface area contributed by atoms with Crippen LogP contribution in [0.5, 0.6) is 0 Å². The molecule has 0 radical (unpaired) electrons. The number of rotatable bonds is 8. The Balaban J connectivity index is 1.68. The first-order chi connectivity index (χ1) is 15.3. The summed E-state index contributed by atoms with van der Waals surface area (Å²) >= 11 is 0. The highest BCUT2D eigenvalue weighted by Gasteiger charge is 2.40. The number of aromatic nitrogens is 1. The van der Waals surface area contributed by atoms with Crippen LogP contribution in [-0.4, -0.2) is 49.4 Å². The minimum atomic E-state index is -2.71. The SMILES string of the molecule is CNC(=O)c1cc(C(=O)NCCC[C@H]2CCNCC2(F)F)cc([C@@H](C)c2ccccc2)n1. The molecule has 2 heterocycles. The molecule has 3 N–H and O–H groups in total. The quantitative estimate of drug-likeness (QED) is 0.546. The lowest BCUT2D eigenvalue weighted by Crippen LogP contribution is -2.46. The van der Waals surface area contributed by atoms with Crippen LogP contribution in [-0.2, 0) is 0 Å². The highest BCUT2D eigenvalue weighted by molar-refractivity contribution is 5.98. The van der Waals surface area contributed by atoms with Crippen molar-refractivity contribution in [1.29, 1.82) is 0 Å². The molecule has 2 aromatic rings. The maximum absolute atomic E-state index is 13.9. The Morgan fingerprint density at radius 2 is 1.97 bits per heavy atom. The summed E-state index contributed by atoms with van der Waals surface area (Å²) in [6, 6.07) is 12.8. The van der Waals surface area contributed by atoms with Crippen molar-refractivity contribution in [2.45, 2.75) is 38.0 Å². The summed E-state index contributed by atoms with van der Waals surface area (Å²) in [4.78, 5) is 29.4. The fraction of sp³-hybridized carbons (Fsp3) is 0.458. The van der Waals surface area contributed by atoms with Crippen LogP contribution in [0.3, 0.4) is 0 Å². The lowest BCUT2D eigenvalue weighted by atomic mass is 9.89. The first kappa shape index (κ1) is 23.8. The molecule has 1 saturated heterocycles. The van der Waals surface area contributed by atoms with E-state index in [1.165, 1.54) is 13.1 Å². The molecule has 0 aliphatic carbocycles. The smallest absolute Gasteiger partial charge is 0.269 e. The van der Waals surface area contributed by atoms with E-state index in [4.69, 9.17) is 0 Å². The molecule has 1 aromatic carbocycles. The Morgan fingerprint density at radius 1 is 1.22 bits per heavy atom. The summed E-state index contributed by atoms with van der Waals surface area (Å²) in [5, 5.41) is 8.06. The van der Waals surface area contributed by atoms with Crippen LogP contribution in [0.25, 0.3) is 0 Å². The van der Waals surface area contributed by atoms with E-state index in [9.17, 15) is 18.4 Å². The Labute approximate surface area is 187 Å². The second-order valence-corrected chi connectivity index (χ2v) is 8.20. The number of alkyl halides is 2. The van der Waals surface area contributed by atoms with Gasteiger partial charge in [-0.25, -0.2) is 13.8 Å². The molecule has 3 rings (SSSR count). The van der Waals surface area contributed by atoms with Gasteiger partial charge in [0.25, 0.3) is 17.7 Å². The van der Waals surface area contributed by atoms with Crippen LogP contribution in [0.2, 0.25) is 0 Å². The Kier molecular flexibility index (Phi) is 7.90. The number of hydrogen-bond donors (Lipinski definition) is 3. The topological polar surface area (TPSA) is 83.1 Å². The maximum Gasteiger partial charge on any atom is 0.269 e. The lowest BCUT2D eigenvalue weighted by Gasteiger charge is -2.31. The summed E-state index contributed by atoms with van der Waals surface area (Å²) in [5.41, 5.74) is 2.11. The molecule has 172 valence electrons. The third-order valence-electron chi connectivity index (χ3n) is 5.95. The van der Waals surface area contributed by atoms with E-state index in [0.717, 1.165) is 5.56 Å². The van der Waals surface area contributed by atoms with E-state index in [-0.39, 0.29) is 30.0 Å². The normalized spacial score (nSPS) is 18.6. The van der Waals surface area contributed by atoms with Crippen LogP contribution in [0.4, 0.5) is 8.78 Å². The van der Waals surface area contributed by atoms with Crippen LogP contribution >= 0.6 is 0 Å². The fourth-order valence-corrected chi connectivity index (χ4v) is 3.96. The largest absolute Gasteiger partial charge is 0.354 e. The number of benzene rings is 1. The predicted octanol–water partition coefficient (Wildman–Crippen LogP) is 3.35. The molecule has 2 atom stereocenters. The van der Waals surface area contributed by atoms with Crippen molar-refractivity contribution in [2.75, 3.05) is 26.7 Å². The molecule has 0 saturated carbocycles. The zero-order valence-corrected chi connectivity index (χ0v) is 18.5. The summed E-state index contributed by atoms with van der Waals surface area (Å²) in [5.74, 6) is -4.22. The summed E-state index contributed by atoms with van der Waals surface area (Å²) in [6.45, 7) is 2.56. The zero-order valence-electron chi connectivity index (χ0n) is 18.5. The number of nitrogens with one attached hydrogen (secondary N) is 3. The van der Waals surface area contributed by atoms with Gasteiger partial charge in [-0.1, -0.05) is 37.3 Å². The number of hydrogen-bond acceptors (Lipinski definition) is 4. The third kappa shape index (κ3) is 5.88. The molecule has 32 heavy (non-hydrogen) atoms. The molecule has 6 nitrogen and oxygen atoms in total. The van der Waals surface area contributed by atoms with Gasteiger partial charge < -0.3 is 16.0 Å². The van der Waals surface area contributed by atoms with Crippen molar-refractivity contribution in [3.05, 3.63) is 65.0 Å². The zero-order chi connectivity index (χ0) is 23.1. The van der Waals surface area contributed by atoms with Crippen LogP contribution < -0.4 is 16.0 Å². The van der Waals surface area contributed by atoms with Crippen LogP contribution in [0.1, 0.15) is 64.2 Å². The van der Waals surface area contributed by atoms with E-state index >= 15 is 0 Å². The summed E-state index contributed by atoms with van der Waals surface area (Å²) < 4.78 is 27.9. The number of pyridine rings is 1. The van der Waals surface area contributed by atoms with Crippen molar-refractivity contribution in [3.63, 3.8) is 0 Å². The molecule has 1 aliphatic rings. The molecule has 1 aromatic heterocycles. The Hall–Kier alpha value is -2.87. The fourth-order valence-electron chi connectivity index (χ4n) is 3.96. The number of carbonyl (C=O) groups excluding carboxylic acids is 2. The number of nitrogens with zero attached hydrogens (tertiary/aromatic N) is 1. The first-order valence-electron chi connectivity index (χ1n) is 11.0. The van der Waals surface area contributed by atoms with Crippen molar-refractivity contribution in [2.24, 2.45) is 5.92 Å². The Bertz CT molecular complexity index is 937. The standard InChI is InChI=1S/C24H30F2N4O2/c1-16(17-7-4-3-5-8-17)20-13-18(14-21(30-20)23(32)27-2)22(31)29-11-6-9-19-10-12-28-15-24(19,25)26/h3-5,7-8,13-14,16,19,28H,6,9-12,15H2,1-2H3,(H,27,32)(H,29,31)/t16-,19-/m0/s1. The second kappa shape index (κ2) is 10.6. The average molecular weight is 445 g/mol. The monoisotopic (exact) mass is 444 g/mol. The van der Waals surface area contributed by atoms with Gasteiger partial charge in [-0.15, -0.1) is 0 Å².